The number of likely N-dealkylation sites (N-methyl/N-ethyl adjacent to an activating group) is 1. The fourth-order valence-corrected chi connectivity index (χ4v) is 5.20. The van der Waals surface area contributed by atoms with Crippen LogP contribution in [0.4, 0.5) is 21.5 Å². The summed E-state index contributed by atoms with van der Waals surface area (Å²) in [6.07, 6.45) is 2.24. The van der Waals surface area contributed by atoms with E-state index >= 15 is 4.39 Å². The van der Waals surface area contributed by atoms with Crippen LogP contribution in [0, 0.1) is 5.82 Å². The summed E-state index contributed by atoms with van der Waals surface area (Å²) >= 11 is 0. The summed E-state index contributed by atoms with van der Waals surface area (Å²) < 4.78 is 15.0. The highest BCUT2D eigenvalue weighted by Gasteiger charge is 2.29. The molecule has 1 amide bonds. The van der Waals surface area contributed by atoms with Gasteiger partial charge in [-0.3, -0.25) is 4.79 Å². The fraction of sp³-hybridized carbons (Fsp3) is 0.480. The lowest BCUT2D eigenvalue weighted by Gasteiger charge is -2.30. The number of hydrogen-bond donors (Lipinski definition) is 1. The second kappa shape index (κ2) is 8.37. The number of rotatable bonds is 4. The van der Waals surface area contributed by atoms with Gasteiger partial charge < -0.3 is 24.7 Å². The molecule has 3 heterocycles. The molecule has 2 aromatic rings. The number of benzene rings is 2. The molecule has 2 atom stereocenters. The first-order valence-electron chi connectivity index (χ1n) is 11.5. The molecule has 1 N–H and O–H groups in total. The van der Waals surface area contributed by atoms with Crippen LogP contribution in [-0.2, 0) is 6.42 Å². The number of aliphatic hydroxyl groups is 1. The highest BCUT2D eigenvalue weighted by atomic mass is 19.1. The standard InChI is InChI=1S/C25H31FN4O2/c1-27(2)20-8-10-29(15-20)24-6-4-19(14-23(24)26)30-12-7-17-13-18(3-5-22(17)25(30)32)28-11-9-21(31)16-28/h3-6,13-14,20-21,31H,7-12,15-16H2,1-2H3/t20-,21?/m1/s1. The Labute approximate surface area is 188 Å². The van der Waals surface area contributed by atoms with Crippen LogP contribution in [0.3, 0.4) is 0 Å². The van der Waals surface area contributed by atoms with Crippen LogP contribution >= 0.6 is 0 Å². The normalized spacial score (nSPS) is 23.4. The van der Waals surface area contributed by atoms with Crippen molar-refractivity contribution in [1.29, 1.82) is 0 Å². The zero-order chi connectivity index (χ0) is 22.4. The molecule has 170 valence electrons. The third kappa shape index (κ3) is 3.84. The predicted molar refractivity (Wildman–Crippen MR) is 125 cm³/mol. The second-order valence-corrected chi connectivity index (χ2v) is 9.42. The third-order valence-corrected chi connectivity index (χ3v) is 7.17. The molecule has 2 fully saturated rings. The van der Waals surface area contributed by atoms with Gasteiger partial charge in [0.05, 0.1) is 11.8 Å². The molecule has 0 spiro atoms. The summed E-state index contributed by atoms with van der Waals surface area (Å²) in [7, 11) is 4.12. The van der Waals surface area contributed by atoms with Crippen LogP contribution in [0.15, 0.2) is 36.4 Å². The van der Waals surface area contributed by atoms with E-state index in [0.29, 0.717) is 36.1 Å². The van der Waals surface area contributed by atoms with E-state index in [9.17, 15) is 9.90 Å². The van der Waals surface area contributed by atoms with Crippen molar-refractivity contribution < 1.29 is 14.3 Å². The number of nitrogens with zero attached hydrogens (tertiary/aromatic N) is 4. The van der Waals surface area contributed by atoms with E-state index in [2.05, 4.69) is 34.9 Å². The molecule has 0 aliphatic carbocycles. The summed E-state index contributed by atoms with van der Waals surface area (Å²) in [5.74, 6) is -0.358. The number of β-amino-alcohol motifs (C(OH)–C–C–N with tert-alkyl or cyclic N) is 1. The zero-order valence-electron chi connectivity index (χ0n) is 18.8. The van der Waals surface area contributed by atoms with Crippen molar-refractivity contribution in [3.05, 3.63) is 53.3 Å². The summed E-state index contributed by atoms with van der Waals surface area (Å²) in [6.45, 7) is 3.65. The maximum Gasteiger partial charge on any atom is 0.258 e. The van der Waals surface area contributed by atoms with Gasteiger partial charge in [0.15, 0.2) is 0 Å². The van der Waals surface area contributed by atoms with Crippen molar-refractivity contribution in [2.24, 2.45) is 0 Å². The minimum Gasteiger partial charge on any atom is -0.391 e. The van der Waals surface area contributed by atoms with Crippen molar-refractivity contribution in [1.82, 2.24) is 4.90 Å². The van der Waals surface area contributed by atoms with E-state index in [0.717, 1.165) is 50.1 Å². The molecule has 3 aliphatic heterocycles. The summed E-state index contributed by atoms with van der Waals surface area (Å²) in [4.78, 5) is 21.3. The molecule has 6 nitrogen and oxygen atoms in total. The number of carbonyl (C=O) groups excluding carboxylic acids is 1. The first-order chi connectivity index (χ1) is 15.4. The quantitative estimate of drug-likeness (QED) is 0.796. The van der Waals surface area contributed by atoms with Crippen molar-refractivity contribution in [2.75, 3.05) is 61.5 Å². The minimum atomic E-state index is -0.282. The van der Waals surface area contributed by atoms with Gasteiger partial charge in [-0.15, -0.1) is 0 Å². The lowest BCUT2D eigenvalue weighted by atomic mass is 9.97. The third-order valence-electron chi connectivity index (χ3n) is 7.17. The number of halogens is 1. The zero-order valence-corrected chi connectivity index (χ0v) is 18.8. The van der Waals surface area contributed by atoms with E-state index < -0.39 is 0 Å². The second-order valence-electron chi connectivity index (χ2n) is 9.42. The van der Waals surface area contributed by atoms with Gasteiger partial charge in [0.25, 0.3) is 5.91 Å². The topological polar surface area (TPSA) is 50.3 Å². The molecule has 32 heavy (non-hydrogen) atoms. The summed E-state index contributed by atoms with van der Waals surface area (Å²) in [5.41, 5.74) is 3.97. The van der Waals surface area contributed by atoms with Crippen LogP contribution in [0.2, 0.25) is 0 Å². The van der Waals surface area contributed by atoms with Gasteiger partial charge in [0.2, 0.25) is 0 Å². The first kappa shape index (κ1) is 21.2. The van der Waals surface area contributed by atoms with Gasteiger partial charge >= 0.3 is 0 Å². The Bertz CT molecular complexity index is 1030. The smallest absolute Gasteiger partial charge is 0.258 e. The van der Waals surface area contributed by atoms with Gasteiger partial charge in [-0.25, -0.2) is 4.39 Å². The van der Waals surface area contributed by atoms with Crippen LogP contribution in [0.1, 0.15) is 28.8 Å². The molecular weight excluding hydrogens is 407 g/mol. The Morgan fingerprint density at radius 2 is 1.75 bits per heavy atom. The Kier molecular flexibility index (Phi) is 5.55. The Balaban J connectivity index is 1.33. The van der Waals surface area contributed by atoms with E-state index in [1.165, 1.54) is 6.07 Å². The lowest BCUT2D eigenvalue weighted by molar-refractivity contribution is 0.0980. The van der Waals surface area contributed by atoms with Crippen LogP contribution in [0.25, 0.3) is 0 Å². The molecule has 0 radical (unpaired) electrons. The molecule has 0 bridgehead atoms. The van der Waals surface area contributed by atoms with Crippen molar-refractivity contribution in [2.45, 2.75) is 31.4 Å². The van der Waals surface area contributed by atoms with E-state index in [1.54, 1.807) is 4.90 Å². The molecule has 7 heteroatoms. The number of aliphatic hydroxyl groups excluding tert-OH is 1. The molecule has 1 unspecified atom stereocenters. The van der Waals surface area contributed by atoms with Gasteiger partial charge in [0, 0.05) is 55.7 Å². The number of anilines is 3. The van der Waals surface area contributed by atoms with Gasteiger partial charge in [-0.1, -0.05) is 0 Å². The van der Waals surface area contributed by atoms with E-state index in [4.69, 9.17) is 0 Å². The molecule has 0 aromatic heterocycles. The first-order valence-corrected chi connectivity index (χ1v) is 11.5. The maximum absolute atomic E-state index is 15.0. The minimum absolute atomic E-state index is 0.0831. The summed E-state index contributed by atoms with van der Waals surface area (Å²) in [5, 5.41) is 9.81. The van der Waals surface area contributed by atoms with Gasteiger partial charge in [-0.2, -0.15) is 0 Å². The van der Waals surface area contributed by atoms with Crippen molar-refractivity contribution in [3.63, 3.8) is 0 Å². The monoisotopic (exact) mass is 438 g/mol. The highest BCUT2D eigenvalue weighted by Crippen LogP contribution is 2.32. The Morgan fingerprint density at radius 3 is 2.44 bits per heavy atom. The molecular formula is C25H31FN4O2. The molecule has 0 saturated carbocycles. The van der Waals surface area contributed by atoms with Gasteiger partial charge in [0.1, 0.15) is 5.82 Å². The Morgan fingerprint density at radius 1 is 0.969 bits per heavy atom. The van der Waals surface area contributed by atoms with Crippen LogP contribution < -0.4 is 14.7 Å². The fourth-order valence-electron chi connectivity index (χ4n) is 5.20. The number of fused-ring (bicyclic) bond motifs is 1. The number of carbonyl (C=O) groups is 1. The highest BCUT2D eigenvalue weighted by molar-refractivity contribution is 6.08. The van der Waals surface area contributed by atoms with Crippen molar-refractivity contribution >= 4 is 23.0 Å². The van der Waals surface area contributed by atoms with E-state index in [1.807, 2.05) is 24.3 Å². The lowest BCUT2D eigenvalue weighted by Crippen LogP contribution is -2.38. The largest absolute Gasteiger partial charge is 0.391 e. The predicted octanol–water partition coefficient (Wildman–Crippen LogP) is 2.74. The number of amides is 1. The van der Waals surface area contributed by atoms with Gasteiger partial charge in [-0.05, 0) is 75.3 Å². The average molecular weight is 439 g/mol. The number of hydrogen-bond acceptors (Lipinski definition) is 5. The average Bonchev–Trinajstić information content (AvgIpc) is 3.43. The summed E-state index contributed by atoms with van der Waals surface area (Å²) in [6, 6.07) is 11.5. The van der Waals surface area contributed by atoms with E-state index in [-0.39, 0.29) is 17.8 Å². The van der Waals surface area contributed by atoms with Crippen LogP contribution in [0.5, 0.6) is 0 Å². The maximum atomic E-state index is 15.0. The van der Waals surface area contributed by atoms with Crippen LogP contribution in [-0.4, -0.2) is 74.9 Å². The molecule has 5 rings (SSSR count). The molecule has 3 aliphatic rings. The Hall–Kier alpha value is -2.64. The SMILES string of the molecule is CN(C)[C@@H]1CCN(c2ccc(N3CCc4cc(N5CCC(O)C5)ccc4C3=O)cc2F)C1. The van der Waals surface area contributed by atoms with Crippen molar-refractivity contribution in [3.8, 4) is 0 Å². The molecule has 2 saturated heterocycles. The molecule has 2 aromatic carbocycles.